The Labute approximate surface area is 205 Å². The largest absolute Gasteiger partial charge is 0.205 e. The van der Waals surface area contributed by atoms with Crippen molar-refractivity contribution in [2.45, 2.75) is 78.3 Å². The number of nitrogens with zero attached hydrogens (tertiary/aromatic N) is 2. The van der Waals surface area contributed by atoms with Crippen LogP contribution in [0.1, 0.15) is 65.2 Å². The van der Waals surface area contributed by atoms with Crippen LogP contribution in [0.4, 0.5) is 0 Å². The maximum Gasteiger partial charge on any atom is 0.169 e. The summed E-state index contributed by atoms with van der Waals surface area (Å²) in [6, 6.07) is 22.6. The van der Waals surface area contributed by atoms with Crippen LogP contribution in [0.2, 0.25) is 0 Å². The Hall–Kier alpha value is -3.00. The van der Waals surface area contributed by atoms with E-state index in [1.54, 1.807) is 0 Å². The molecule has 0 bridgehead atoms. The normalized spacial score (nSPS) is 11.2. The first-order chi connectivity index (χ1) is 16.8. The third kappa shape index (κ3) is 6.53. The van der Waals surface area contributed by atoms with E-state index < -0.39 is 0 Å². The molecule has 0 aliphatic carbocycles. The Morgan fingerprint density at radius 2 is 0.853 bits per heavy atom. The molecule has 0 fully saturated rings. The predicted molar refractivity (Wildman–Crippen MR) is 143 cm³/mol. The maximum absolute atomic E-state index is 2.31. The van der Waals surface area contributed by atoms with Crippen LogP contribution >= 0.6 is 0 Å². The molecule has 0 amide bonds. The van der Waals surface area contributed by atoms with Gasteiger partial charge < -0.3 is 0 Å². The first-order valence-electron chi connectivity index (χ1n) is 13.3. The smallest absolute Gasteiger partial charge is 0.169 e. The van der Waals surface area contributed by atoms with Crippen LogP contribution < -0.4 is 9.13 Å². The zero-order valence-electron chi connectivity index (χ0n) is 21.0. The number of aromatic nitrogens is 2. The van der Waals surface area contributed by atoms with E-state index in [1.807, 2.05) is 0 Å². The van der Waals surface area contributed by atoms with Crippen LogP contribution in [0.5, 0.6) is 0 Å². The molecule has 0 saturated heterocycles. The van der Waals surface area contributed by atoms with Crippen molar-refractivity contribution in [1.82, 2.24) is 0 Å². The Morgan fingerprint density at radius 3 is 1.24 bits per heavy atom. The lowest BCUT2D eigenvalue weighted by Gasteiger charge is -2.07. The SMILES string of the molecule is CCCCCC[n+]1ccc(-c2ccc3cc(-c4cc[n+](CCCCCC)cc4)ccc3c2)cc1. The number of hydrogen-bond acceptors (Lipinski definition) is 0. The summed E-state index contributed by atoms with van der Waals surface area (Å²) in [4.78, 5) is 0. The molecule has 2 aromatic carbocycles. The molecule has 34 heavy (non-hydrogen) atoms. The van der Waals surface area contributed by atoms with E-state index in [0.717, 1.165) is 13.1 Å². The Morgan fingerprint density at radius 1 is 0.441 bits per heavy atom. The first kappa shape index (κ1) is 24.1. The van der Waals surface area contributed by atoms with E-state index in [4.69, 9.17) is 0 Å². The van der Waals surface area contributed by atoms with Crippen molar-refractivity contribution in [1.29, 1.82) is 0 Å². The highest BCUT2D eigenvalue weighted by Gasteiger charge is 2.07. The fourth-order valence-electron chi connectivity index (χ4n) is 4.64. The molecule has 2 heterocycles. The van der Waals surface area contributed by atoms with Crippen molar-refractivity contribution in [3.05, 3.63) is 85.5 Å². The zero-order chi connectivity index (χ0) is 23.6. The third-order valence-electron chi connectivity index (χ3n) is 6.83. The summed E-state index contributed by atoms with van der Waals surface area (Å²) in [5, 5.41) is 2.58. The molecule has 0 saturated carbocycles. The fraction of sp³-hybridized carbons (Fsp3) is 0.375. The summed E-state index contributed by atoms with van der Waals surface area (Å²) >= 11 is 0. The van der Waals surface area contributed by atoms with Gasteiger partial charge in [-0.3, -0.25) is 0 Å². The molecular weight excluding hydrogens is 412 g/mol. The van der Waals surface area contributed by atoms with Gasteiger partial charge >= 0.3 is 0 Å². The predicted octanol–water partition coefficient (Wildman–Crippen LogP) is 7.91. The minimum absolute atomic E-state index is 1.11. The summed E-state index contributed by atoms with van der Waals surface area (Å²) in [5.74, 6) is 0. The quantitative estimate of drug-likeness (QED) is 0.152. The molecule has 176 valence electrons. The van der Waals surface area contributed by atoms with E-state index >= 15 is 0 Å². The van der Waals surface area contributed by atoms with Gasteiger partial charge in [0.2, 0.25) is 0 Å². The standard InChI is InChI=1S/C32H40N2/c1-3-5-7-9-19-33-21-15-27(16-22-33)29-11-13-32-26-30(12-14-31(32)25-29)28-17-23-34(24-18-28)20-10-8-6-4-2/h11-18,21-26H,3-10,19-20H2,1-2H3/q+2. The molecule has 0 N–H and O–H groups in total. The summed E-state index contributed by atoms with van der Waals surface area (Å²) in [6.45, 7) is 6.75. The van der Waals surface area contributed by atoms with Crippen molar-refractivity contribution in [2.24, 2.45) is 0 Å². The third-order valence-corrected chi connectivity index (χ3v) is 6.83. The van der Waals surface area contributed by atoms with Gasteiger partial charge in [-0.1, -0.05) is 63.8 Å². The summed E-state index contributed by atoms with van der Waals surface area (Å²) in [6.07, 6.45) is 19.3. The lowest BCUT2D eigenvalue weighted by molar-refractivity contribution is -0.697. The summed E-state index contributed by atoms with van der Waals surface area (Å²) in [5.41, 5.74) is 5.12. The van der Waals surface area contributed by atoms with Crippen molar-refractivity contribution in [3.63, 3.8) is 0 Å². The average molecular weight is 453 g/mol. The molecule has 0 aliphatic heterocycles. The van der Waals surface area contributed by atoms with Gasteiger partial charge in [0.05, 0.1) is 0 Å². The highest BCUT2D eigenvalue weighted by molar-refractivity contribution is 5.90. The second-order valence-corrected chi connectivity index (χ2v) is 9.55. The van der Waals surface area contributed by atoms with Crippen molar-refractivity contribution in [3.8, 4) is 22.3 Å². The molecule has 0 aliphatic rings. The summed E-state index contributed by atoms with van der Waals surface area (Å²) in [7, 11) is 0. The van der Waals surface area contributed by atoms with Gasteiger partial charge in [0, 0.05) is 37.1 Å². The van der Waals surface area contributed by atoms with Crippen LogP contribution in [0, 0.1) is 0 Å². The molecule has 0 radical (unpaired) electrons. The number of unbranched alkanes of at least 4 members (excludes halogenated alkanes) is 6. The average Bonchev–Trinajstić information content (AvgIpc) is 2.89. The van der Waals surface area contributed by atoms with E-state index in [9.17, 15) is 0 Å². The van der Waals surface area contributed by atoms with Gasteiger partial charge in [-0.05, 0) is 58.0 Å². The van der Waals surface area contributed by atoms with E-state index in [0.29, 0.717) is 0 Å². The van der Waals surface area contributed by atoms with E-state index in [1.165, 1.54) is 84.4 Å². The molecule has 0 unspecified atom stereocenters. The van der Waals surface area contributed by atoms with Crippen molar-refractivity contribution < 1.29 is 9.13 Å². The van der Waals surface area contributed by atoms with Crippen LogP contribution in [0.25, 0.3) is 33.0 Å². The van der Waals surface area contributed by atoms with Crippen LogP contribution in [-0.2, 0) is 13.1 Å². The van der Waals surface area contributed by atoms with Gasteiger partial charge in [-0.25, -0.2) is 9.13 Å². The Bertz CT molecular complexity index is 1070. The highest BCUT2D eigenvalue weighted by Crippen LogP contribution is 2.28. The van der Waals surface area contributed by atoms with E-state index in [-0.39, 0.29) is 0 Å². The van der Waals surface area contributed by atoms with Gasteiger partial charge in [-0.2, -0.15) is 0 Å². The Kier molecular flexibility index (Phi) is 8.84. The number of benzene rings is 2. The monoisotopic (exact) mass is 452 g/mol. The Balaban J connectivity index is 1.43. The zero-order valence-corrected chi connectivity index (χ0v) is 21.0. The first-order valence-corrected chi connectivity index (χ1v) is 13.3. The molecule has 4 rings (SSSR count). The number of pyridine rings is 2. The minimum atomic E-state index is 1.11. The lowest BCUT2D eigenvalue weighted by Crippen LogP contribution is -2.32. The molecule has 2 aromatic heterocycles. The molecule has 0 atom stereocenters. The topological polar surface area (TPSA) is 7.76 Å². The number of rotatable bonds is 12. The molecule has 0 spiro atoms. The lowest BCUT2D eigenvalue weighted by atomic mass is 9.98. The van der Waals surface area contributed by atoms with Gasteiger partial charge in [0.1, 0.15) is 13.1 Å². The fourth-order valence-corrected chi connectivity index (χ4v) is 4.64. The van der Waals surface area contributed by atoms with Gasteiger partial charge in [0.25, 0.3) is 0 Å². The number of fused-ring (bicyclic) bond motifs is 1. The maximum atomic E-state index is 2.31. The molecule has 4 aromatic rings. The second-order valence-electron chi connectivity index (χ2n) is 9.55. The van der Waals surface area contributed by atoms with Gasteiger partial charge in [0.15, 0.2) is 24.8 Å². The van der Waals surface area contributed by atoms with Crippen LogP contribution in [-0.4, -0.2) is 0 Å². The van der Waals surface area contributed by atoms with Gasteiger partial charge in [-0.15, -0.1) is 0 Å². The second kappa shape index (κ2) is 12.5. The number of hydrogen-bond donors (Lipinski definition) is 0. The van der Waals surface area contributed by atoms with E-state index in [2.05, 4.69) is 108 Å². The number of aryl methyl sites for hydroxylation is 2. The molecule has 2 nitrogen and oxygen atoms in total. The minimum Gasteiger partial charge on any atom is -0.205 e. The van der Waals surface area contributed by atoms with Crippen LogP contribution in [0.3, 0.4) is 0 Å². The van der Waals surface area contributed by atoms with Crippen molar-refractivity contribution >= 4 is 10.8 Å². The summed E-state index contributed by atoms with van der Waals surface area (Å²) < 4.78 is 4.61. The van der Waals surface area contributed by atoms with Crippen molar-refractivity contribution in [2.75, 3.05) is 0 Å². The molecule has 2 heteroatoms. The molecular formula is C32H40N2+2. The van der Waals surface area contributed by atoms with Crippen LogP contribution in [0.15, 0.2) is 85.5 Å². The highest BCUT2D eigenvalue weighted by atomic mass is 14.9.